The van der Waals surface area contributed by atoms with Crippen LogP contribution < -0.4 is 10.1 Å². The van der Waals surface area contributed by atoms with Gasteiger partial charge < -0.3 is 19.6 Å². The van der Waals surface area contributed by atoms with Crippen molar-refractivity contribution in [3.8, 4) is 16.9 Å². The van der Waals surface area contributed by atoms with Crippen molar-refractivity contribution in [3.63, 3.8) is 0 Å². The van der Waals surface area contributed by atoms with Crippen LogP contribution in [0, 0.1) is 6.92 Å². The first-order chi connectivity index (χ1) is 12.2. The number of hydrogen-bond donors (Lipinski definition) is 2. The third-order valence-electron chi connectivity index (χ3n) is 4.16. The Bertz CT molecular complexity index is 850. The molecule has 2 N–H and O–H groups in total. The predicted octanol–water partition coefficient (Wildman–Crippen LogP) is 3.02. The Morgan fingerprint density at radius 1 is 1.36 bits per heavy atom. The first kappa shape index (κ1) is 16.8. The van der Waals surface area contributed by atoms with Crippen LogP contribution in [0.3, 0.4) is 0 Å². The molecule has 3 aromatic rings. The highest BCUT2D eigenvalue weighted by Crippen LogP contribution is 2.26. The van der Waals surface area contributed by atoms with Crippen LogP contribution in [0.5, 0.6) is 5.75 Å². The molecule has 3 rings (SSSR count). The van der Waals surface area contributed by atoms with Crippen LogP contribution in [0.2, 0.25) is 0 Å². The van der Waals surface area contributed by atoms with E-state index in [4.69, 9.17) is 4.74 Å². The van der Waals surface area contributed by atoms with Crippen LogP contribution in [0.1, 0.15) is 22.6 Å². The smallest absolute Gasteiger partial charge is 0.253 e. The minimum absolute atomic E-state index is 0.0820. The van der Waals surface area contributed by atoms with E-state index in [0.29, 0.717) is 12.1 Å². The fourth-order valence-electron chi connectivity index (χ4n) is 2.77. The van der Waals surface area contributed by atoms with Gasteiger partial charge in [-0.2, -0.15) is 0 Å². The Morgan fingerprint density at radius 2 is 2.24 bits per heavy atom. The lowest BCUT2D eigenvalue weighted by Gasteiger charge is -2.08. The van der Waals surface area contributed by atoms with Gasteiger partial charge in [-0.05, 0) is 31.0 Å². The molecule has 0 aliphatic heterocycles. The molecule has 0 unspecified atom stereocenters. The molecule has 1 amide bonds. The van der Waals surface area contributed by atoms with E-state index in [9.17, 15) is 4.79 Å². The number of H-pyrrole nitrogens is 1. The van der Waals surface area contributed by atoms with Crippen LogP contribution in [-0.4, -0.2) is 34.1 Å². The van der Waals surface area contributed by atoms with Gasteiger partial charge >= 0.3 is 0 Å². The molecule has 0 spiro atoms. The summed E-state index contributed by atoms with van der Waals surface area (Å²) in [4.78, 5) is 19.7. The highest BCUT2D eigenvalue weighted by Gasteiger charge is 2.14. The second kappa shape index (κ2) is 7.70. The van der Waals surface area contributed by atoms with E-state index < -0.39 is 0 Å². The van der Waals surface area contributed by atoms with Gasteiger partial charge in [-0.3, -0.25) is 4.79 Å². The minimum atomic E-state index is -0.0820. The molecule has 2 heterocycles. The molecule has 0 fully saturated rings. The van der Waals surface area contributed by atoms with Crippen molar-refractivity contribution in [3.05, 3.63) is 60.4 Å². The normalized spacial score (nSPS) is 10.6. The van der Waals surface area contributed by atoms with E-state index in [1.54, 1.807) is 19.5 Å². The largest absolute Gasteiger partial charge is 0.497 e. The summed E-state index contributed by atoms with van der Waals surface area (Å²) in [6.07, 6.45) is 8.14. The molecule has 130 valence electrons. The fraction of sp³-hybridized carbons (Fsp3) is 0.263. The molecule has 0 radical (unpaired) electrons. The molecule has 0 saturated heterocycles. The first-order valence-corrected chi connectivity index (χ1v) is 8.26. The Balaban J connectivity index is 1.61. The molecule has 0 saturated carbocycles. The number of imidazole rings is 1. The number of amides is 1. The summed E-state index contributed by atoms with van der Waals surface area (Å²) in [6, 6.07) is 7.68. The predicted molar refractivity (Wildman–Crippen MR) is 96.7 cm³/mol. The van der Waals surface area contributed by atoms with Crippen LogP contribution in [0.25, 0.3) is 11.1 Å². The minimum Gasteiger partial charge on any atom is -0.497 e. The summed E-state index contributed by atoms with van der Waals surface area (Å²) in [6.45, 7) is 3.42. The number of benzene rings is 1. The molecular formula is C19H22N4O2. The van der Waals surface area contributed by atoms with Crippen molar-refractivity contribution in [1.29, 1.82) is 0 Å². The van der Waals surface area contributed by atoms with E-state index in [0.717, 1.165) is 35.7 Å². The van der Waals surface area contributed by atoms with Crippen LogP contribution in [0.4, 0.5) is 0 Å². The summed E-state index contributed by atoms with van der Waals surface area (Å²) in [5, 5.41) is 2.98. The Hall–Kier alpha value is -3.02. The number of aryl methyl sites for hydroxylation is 2. The number of ether oxygens (including phenoxy) is 1. The zero-order valence-electron chi connectivity index (χ0n) is 14.5. The van der Waals surface area contributed by atoms with E-state index in [2.05, 4.69) is 19.9 Å². The topological polar surface area (TPSA) is 71.9 Å². The maximum Gasteiger partial charge on any atom is 0.253 e. The maximum absolute atomic E-state index is 12.5. The third-order valence-corrected chi connectivity index (χ3v) is 4.16. The lowest BCUT2D eigenvalue weighted by Crippen LogP contribution is -2.25. The molecule has 1 aromatic carbocycles. The zero-order valence-corrected chi connectivity index (χ0v) is 14.5. The first-order valence-electron chi connectivity index (χ1n) is 8.26. The number of aromatic amines is 1. The zero-order chi connectivity index (χ0) is 17.6. The second-order valence-electron chi connectivity index (χ2n) is 5.79. The van der Waals surface area contributed by atoms with Gasteiger partial charge in [0.25, 0.3) is 5.91 Å². The van der Waals surface area contributed by atoms with Gasteiger partial charge in [0.1, 0.15) is 11.6 Å². The van der Waals surface area contributed by atoms with E-state index in [1.165, 1.54) is 0 Å². The molecule has 25 heavy (non-hydrogen) atoms. The number of carbonyl (C=O) groups excluding carboxylic acids is 1. The molecule has 0 aliphatic carbocycles. The van der Waals surface area contributed by atoms with Gasteiger partial charge in [-0.15, -0.1) is 0 Å². The molecular weight excluding hydrogens is 316 g/mol. The quantitative estimate of drug-likeness (QED) is 0.651. The SMILES string of the molecule is COc1cccc(-c2c[nH]cc2C(=O)NCCCn2ccnc2C)c1. The van der Waals surface area contributed by atoms with Gasteiger partial charge in [0, 0.05) is 43.4 Å². The number of nitrogens with one attached hydrogen (secondary N) is 2. The van der Waals surface area contributed by atoms with E-state index in [1.807, 2.05) is 43.6 Å². The van der Waals surface area contributed by atoms with E-state index >= 15 is 0 Å². The molecule has 6 nitrogen and oxygen atoms in total. The lowest BCUT2D eigenvalue weighted by atomic mass is 10.0. The van der Waals surface area contributed by atoms with E-state index in [-0.39, 0.29) is 5.91 Å². The van der Waals surface area contributed by atoms with Crippen molar-refractivity contribution in [2.45, 2.75) is 19.9 Å². The molecule has 6 heteroatoms. The standard InChI is InChI=1S/C19H22N4O2/c1-14-21-8-10-23(14)9-4-7-22-19(24)18-13-20-12-17(18)15-5-3-6-16(11-15)25-2/h3,5-6,8,10-13,20H,4,7,9H2,1-2H3,(H,22,24). The van der Waals surface area contributed by atoms with Gasteiger partial charge in [-0.1, -0.05) is 12.1 Å². The Morgan fingerprint density at radius 3 is 3.00 bits per heavy atom. The third kappa shape index (κ3) is 3.91. The highest BCUT2D eigenvalue weighted by molar-refractivity contribution is 6.00. The van der Waals surface area contributed by atoms with Crippen LogP contribution in [0.15, 0.2) is 49.1 Å². The average Bonchev–Trinajstić information content (AvgIpc) is 3.28. The summed E-state index contributed by atoms with van der Waals surface area (Å²) in [5.41, 5.74) is 2.44. The molecule has 0 aliphatic rings. The second-order valence-corrected chi connectivity index (χ2v) is 5.79. The Kier molecular flexibility index (Phi) is 5.18. The molecule has 0 bridgehead atoms. The maximum atomic E-state index is 12.5. The van der Waals surface area contributed by atoms with Gasteiger partial charge in [-0.25, -0.2) is 4.98 Å². The molecule has 0 atom stereocenters. The number of aromatic nitrogens is 3. The Labute approximate surface area is 146 Å². The number of carbonyl (C=O) groups is 1. The van der Waals surface area contributed by atoms with Gasteiger partial charge in [0.2, 0.25) is 0 Å². The van der Waals surface area contributed by atoms with Crippen molar-refractivity contribution in [2.24, 2.45) is 0 Å². The van der Waals surface area contributed by atoms with Crippen molar-refractivity contribution < 1.29 is 9.53 Å². The van der Waals surface area contributed by atoms with Crippen LogP contribution in [-0.2, 0) is 6.54 Å². The summed E-state index contributed by atoms with van der Waals surface area (Å²) < 4.78 is 7.33. The number of nitrogens with zero attached hydrogens (tertiary/aromatic N) is 2. The number of methoxy groups -OCH3 is 1. The summed E-state index contributed by atoms with van der Waals surface area (Å²) in [5.74, 6) is 1.67. The summed E-state index contributed by atoms with van der Waals surface area (Å²) in [7, 11) is 1.63. The van der Waals surface area contributed by atoms with Gasteiger partial charge in [0.15, 0.2) is 0 Å². The average molecular weight is 338 g/mol. The molecule has 2 aromatic heterocycles. The highest BCUT2D eigenvalue weighted by atomic mass is 16.5. The van der Waals surface area contributed by atoms with Gasteiger partial charge in [0.05, 0.1) is 12.7 Å². The number of rotatable bonds is 7. The summed E-state index contributed by atoms with van der Waals surface area (Å²) >= 11 is 0. The monoisotopic (exact) mass is 338 g/mol. The van der Waals surface area contributed by atoms with Crippen LogP contribution >= 0.6 is 0 Å². The fourth-order valence-corrected chi connectivity index (χ4v) is 2.77. The van der Waals surface area contributed by atoms with Crippen molar-refractivity contribution in [1.82, 2.24) is 19.9 Å². The lowest BCUT2D eigenvalue weighted by molar-refractivity contribution is 0.0953. The van der Waals surface area contributed by atoms with Crippen molar-refractivity contribution in [2.75, 3.05) is 13.7 Å². The van der Waals surface area contributed by atoms with Crippen molar-refractivity contribution >= 4 is 5.91 Å². The number of hydrogen-bond acceptors (Lipinski definition) is 3.